The molecule has 0 aromatic rings. The highest BCUT2D eigenvalue weighted by molar-refractivity contribution is 5.96. The van der Waals surface area contributed by atoms with Crippen molar-refractivity contribution in [2.45, 2.75) is 33.6 Å². The van der Waals surface area contributed by atoms with Gasteiger partial charge in [-0.3, -0.25) is 0 Å². The number of nitrogens with two attached hydrogens (primary N) is 1. The van der Waals surface area contributed by atoms with E-state index >= 15 is 0 Å². The van der Waals surface area contributed by atoms with E-state index in [0.717, 1.165) is 12.8 Å². The molecule has 0 aromatic carbocycles. The highest BCUT2D eigenvalue weighted by Gasteiger charge is 1.93. The van der Waals surface area contributed by atoms with Crippen molar-refractivity contribution in [3.05, 3.63) is 23.3 Å². The minimum absolute atomic E-state index is 0.507. The standard InChI is InChI=1S/C11H20N4/c1-9(2)6-5-7-10(3)8-11(13-4)14-15-12/h6,8,15H,4-5,7,12H2,1-3H3. The summed E-state index contributed by atoms with van der Waals surface area (Å²) in [5, 5.41) is 3.75. The van der Waals surface area contributed by atoms with Gasteiger partial charge in [-0.05, 0) is 46.4 Å². The van der Waals surface area contributed by atoms with Gasteiger partial charge in [0.2, 0.25) is 0 Å². The Bertz CT molecular complexity index is 283. The van der Waals surface area contributed by atoms with Crippen LogP contribution in [0.4, 0.5) is 0 Å². The predicted octanol–water partition coefficient (Wildman–Crippen LogP) is 2.16. The molecule has 3 N–H and O–H groups in total. The van der Waals surface area contributed by atoms with Gasteiger partial charge in [-0.15, -0.1) is 5.10 Å². The van der Waals surface area contributed by atoms with Crippen molar-refractivity contribution in [3.8, 4) is 0 Å². The van der Waals surface area contributed by atoms with Crippen molar-refractivity contribution < 1.29 is 0 Å². The molecule has 0 radical (unpaired) electrons. The van der Waals surface area contributed by atoms with Gasteiger partial charge < -0.3 is 0 Å². The first kappa shape index (κ1) is 13.6. The van der Waals surface area contributed by atoms with Gasteiger partial charge >= 0.3 is 0 Å². The van der Waals surface area contributed by atoms with Crippen LogP contribution in [0.5, 0.6) is 0 Å². The summed E-state index contributed by atoms with van der Waals surface area (Å²) in [4.78, 5) is 3.73. The summed E-state index contributed by atoms with van der Waals surface area (Å²) in [6.07, 6.45) is 6.10. The minimum atomic E-state index is 0.507. The first-order valence-corrected chi connectivity index (χ1v) is 4.90. The summed E-state index contributed by atoms with van der Waals surface area (Å²) < 4.78 is 0. The van der Waals surface area contributed by atoms with Crippen molar-refractivity contribution in [1.82, 2.24) is 5.53 Å². The number of hydrogen-bond acceptors (Lipinski definition) is 3. The molecule has 0 atom stereocenters. The lowest BCUT2D eigenvalue weighted by Crippen LogP contribution is -2.15. The molecule has 0 spiro atoms. The van der Waals surface area contributed by atoms with Crippen LogP contribution in [0.25, 0.3) is 0 Å². The Kier molecular flexibility index (Phi) is 7.18. The van der Waals surface area contributed by atoms with Crippen molar-refractivity contribution in [1.29, 1.82) is 0 Å². The predicted molar refractivity (Wildman–Crippen MR) is 66.7 cm³/mol. The number of aliphatic imine (C=N–C) groups is 1. The maximum Gasteiger partial charge on any atom is 0.172 e. The van der Waals surface area contributed by atoms with E-state index in [1.165, 1.54) is 11.1 Å². The van der Waals surface area contributed by atoms with Crippen LogP contribution in [0.2, 0.25) is 0 Å². The Morgan fingerprint density at radius 2 is 2.07 bits per heavy atom. The molecule has 0 aliphatic heterocycles. The van der Waals surface area contributed by atoms with Gasteiger partial charge in [-0.2, -0.15) is 0 Å². The molecule has 84 valence electrons. The summed E-state index contributed by atoms with van der Waals surface area (Å²) in [7, 11) is 0. The molecule has 0 aliphatic carbocycles. The number of allylic oxidation sites excluding steroid dienone is 3. The van der Waals surface area contributed by atoms with E-state index in [1.807, 2.05) is 13.0 Å². The molecule has 0 bridgehead atoms. The molecule has 0 unspecified atom stereocenters. The molecule has 0 aromatic heterocycles. The summed E-state index contributed by atoms with van der Waals surface area (Å²) in [5.41, 5.74) is 4.73. The highest BCUT2D eigenvalue weighted by atomic mass is 15.5. The third-order valence-corrected chi connectivity index (χ3v) is 1.81. The molecular formula is C11H20N4. The number of nitrogens with one attached hydrogen (secondary N) is 1. The van der Waals surface area contributed by atoms with Crippen molar-refractivity contribution in [2.24, 2.45) is 15.9 Å². The molecule has 4 nitrogen and oxygen atoms in total. The van der Waals surface area contributed by atoms with E-state index in [1.54, 1.807) is 0 Å². The summed E-state index contributed by atoms with van der Waals surface area (Å²) in [5.74, 6) is 5.56. The number of hydrogen-bond donors (Lipinski definition) is 2. The fraction of sp³-hybridized carbons (Fsp3) is 0.455. The Morgan fingerprint density at radius 3 is 2.53 bits per heavy atom. The zero-order valence-corrected chi connectivity index (χ0v) is 9.75. The Balaban J connectivity index is 4.24. The number of amidine groups is 1. The van der Waals surface area contributed by atoms with E-state index in [4.69, 9.17) is 5.84 Å². The van der Waals surface area contributed by atoms with Gasteiger partial charge in [0.1, 0.15) is 0 Å². The van der Waals surface area contributed by atoms with Gasteiger partial charge in [-0.1, -0.05) is 17.2 Å². The second-order valence-corrected chi connectivity index (χ2v) is 3.57. The maximum atomic E-state index is 5.06. The number of hydrazone groups is 1. The van der Waals surface area contributed by atoms with Crippen LogP contribution >= 0.6 is 0 Å². The molecule has 0 saturated heterocycles. The number of nitrogens with zero attached hydrogens (tertiary/aromatic N) is 2. The summed E-state index contributed by atoms with van der Waals surface area (Å²) in [6.45, 7) is 9.63. The monoisotopic (exact) mass is 208 g/mol. The van der Waals surface area contributed by atoms with Crippen LogP contribution in [0.1, 0.15) is 33.6 Å². The molecule has 0 fully saturated rings. The zero-order valence-electron chi connectivity index (χ0n) is 9.75. The second-order valence-electron chi connectivity index (χ2n) is 3.57. The lowest BCUT2D eigenvalue weighted by molar-refractivity contribution is 0.804. The van der Waals surface area contributed by atoms with Crippen molar-refractivity contribution in [2.75, 3.05) is 0 Å². The molecular weight excluding hydrogens is 188 g/mol. The topological polar surface area (TPSA) is 62.8 Å². The normalized spacial score (nSPS) is 12.3. The molecule has 0 amide bonds. The first-order valence-electron chi connectivity index (χ1n) is 4.90. The van der Waals surface area contributed by atoms with Gasteiger partial charge in [0.05, 0.1) is 0 Å². The maximum absolute atomic E-state index is 5.06. The van der Waals surface area contributed by atoms with Crippen LogP contribution in [0.15, 0.2) is 33.4 Å². The fourth-order valence-corrected chi connectivity index (χ4v) is 1.06. The van der Waals surface area contributed by atoms with E-state index in [0.29, 0.717) is 5.84 Å². The third kappa shape index (κ3) is 7.64. The number of hydrazine groups is 1. The zero-order chi connectivity index (χ0) is 11.7. The Morgan fingerprint density at radius 1 is 1.40 bits per heavy atom. The van der Waals surface area contributed by atoms with Gasteiger partial charge in [-0.25, -0.2) is 16.4 Å². The highest BCUT2D eigenvalue weighted by Crippen LogP contribution is 2.06. The molecule has 0 saturated carbocycles. The molecule has 0 aliphatic rings. The fourth-order valence-electron chi connectivity index (χ4n) is 1.06. The van der Waals surface area contributed by atoms with Crippen LogP contribution in [0.3, 0.4) is 0 Å². The lowest BCUT2D eigenvalue weighted by atomic mass is 10.1. The first-order chi connectivity index (χ1) is 7.10. The largest absolute Gasteiger partial charge is 0.244 e. The quantitative estimate of drug-likeness (QED) is 0.239. The van der Waals surface area contributed by atoms with E-state index in [2.05, 4.69) is 42.3 Å². The molecule has 4 heteroatoms. The molecule has 0 rings (SSSR count). The van der Waals surface area contributed by atoms with Crippen molar-refractivity contribution >= 4 is 12.6 Å². The average Bonchev–Trinajstić information content (AvgIpc) is 2.16. The minimum Gasteiger partial charge on any atom is -0.244 e. The van der Waals surface area contributed by atoms with Crippen LogP contribution < -0.4 is 11.4 Å². The summed E-state index contributed by atoms with van der Waals surface area (Å²) >= 11 is 0. The van der Waals surface area contributed by atoms with Crippen LogP contribution in [0, 0.1) is 0 Å². The second kappa shape index (κ2) is 7.94. The van der Waals surface area contributed by atoms with Gasteiger partial charge in [0.15, 0.2) is 5.84 Å². The van der Waals surface area contributed by atoms with E-state index < -0.39 is 0 Å². The lowest BCUT2D eigenvalue weighted by Gasteiger charge is -1.99. The summed E-state index contributed by atoms with van der Waals surface area (Å²) in [6, 6.07) is 0. The third-order valence-electron chi connectivity index (χ3n) is 1.81. The SMILES string of the molecule is C=NC(C=C(C)CCC=C(C)C)=NNN. The molecule has 15 heavy (non-hydrogen) atoms. The van der Waals surface area contributed by atoms with E-state index in [-0.39, 0.29) is 0 Å². The average molecular weight is 208 g/mol. The van der Waals surface area contributed by atoms with E-state index in [9.17, 15) is 0 Å². The van der Waals surface area contributed by atoms with Gasteiger partial charge in [0.25, 0.3) is 0 Å². The van der Waals surface area contributed by atoms with Crippen LogP contribution in [-0.4, -0.2) is 12.6 Å². The smallest absolute Gasteiger partial charge is 0.172 e. The Hall–Kier alpha value is -1.42. The van der Waals surface area contributed by atoms with Gasteiger partial charge in [0, 0.05) is 0 Å². The van der Waals surface area contributed by atoms with Crippen molar-refractivity contribution in [3.63, 3.8) is 0 Å². The number of rotatable bonds is 5. The molecule has 0 heterocycles. The van der Waals surface area contributed by atoms with Crippen LogP contribution in [-0.2, 0) is 0 Å². The Labute approximate surface area is 91.6 Å².